The number of aliphatic hydroxyl groups excluding tert-OH is 1. The van der Waals surface area contributed by atoms with Crippen LogP contribution in [0, 0.1) is 6.92 Å². The van der Waals surface area contributed by atoms with Crippen LogP contribution in [0.3, 0.4) is 0 Å². The number of nitrogens with two attached hydrogens (primary N) is 1. The molecule has 1 aliphatic rings. The molecule has 17 heavy (non-hydrogen) atoms. The second-order valence-corrected chi connectivity index (χ2v) is 4.30. The lowest BCUT2D eigenvalue weighted by Crippen LogP contribution is -2.44. The van der Waals surface area contributed by atoms with Gasteiger partial charge < -0.3 is 20.5 Å². The monoisotopic (exact) mass is 237 g/mol. The smallest absolute Gasteiger partial charge is 0.129 e. The Morgan fingerprint density at radius 2 is 2.41 bits per heavy atom. The highest BCUT2D eigenvalue weighted by molar-refractivity contribution is 5.43. The summed E-state index contributed by atoms with van der Waals surface area (Å²) in [5.41, 5.74) is 7.71. The summed E-state index contributed by atoms with van der Waals surface area (Å²) in [6, 6.07) is 4.00. The molecule has 0 aliphatic carbocycles. The van der Waals surface area contributed by atoms with Gasteiger partial charge in [0.25, 0.3) is 0 Å². The highest BCUT2D eigenvalue weighted by Gasteiger charge is 2.21. The number of pyridine rings is 1. The SMILES string of the molecule is Cc1cc(CN)cc(N2CCOC(CO)C2)n1. The van der Waals surface area contributed by atoms with Gasteiger partial charge in [0.2, 0.25) is 0 Å². The van der Waals surface area contributed by atoms with E-state index in [-0.39, 0.29) is 12.7 Å². The molecule has 0 bridgehead atoms. The summed E-state index contributed by atoms with van der Waals surface area (Å²) in [6.07, 6.45) is -0.118. The Bertz CT molecular complexity index is 384. The van der Waals surface area contributed by atoms with E-state index < -0.39 is 0 Å². The van der Waals surface area contributed by atoms with Crippen molar-refractivity contribution in [1.29, 1.82) is 0 Å². The molecule has 1 aromatic heterocycles. The quantitative estimate of drug-likeness (QED) is 0.777. The number of aryl methyl sites for hydroxylation is 1. The molecule has 1 unspecified atom stereocenters. The summed E-state index contributed by atoms with van der Waals surface area (Å²) in [6.45, 7) is 4.63. The topological polar surface area (TPSA) is 71.6 Å². The molecule has 5 heteroatoms. The Labute approximate surface area is 101 Å². The number of aromatic nitrogens is 1. The number of rotatable bonds is 3. The van der Waals surface area contributed by atoms with Crippen LogP contribution in [-0.2, 0) is 11.3 Å². The number of anilines is 1. The summed E-state index contributed by atoms with van der Waals surface area (Å²) < 4.78 is 5.42. The van der Waals surface area contributed by atoms with E-state index in [4.69, 9.17) is 15.6 Å². The Morgan fingerprint density at radius 3 is 3.12 bits per heavy atom. The van der Waals surface area contributed by atoms with Gasteiger partial charge in [-0.1, -0.05) is 0 Å². The zero-order valence-electron chi connectivity index (χ0n) is 10.1. The first-order chi connectivity index (χ1) is 8.22. The predicted octanol–water partition coefficient (Wildman–Crippen LogP) is 0.0462. The largest absolute Gasteiger partial charge is 0.394 e. The summed E-state index contributed by atoms with van der Waals surface area (Å²) in [7, 11) is 0. The molecule has 1 aromatic rings. The Hall–Kier alpha value is -1.17. The van der Waals surface area contributed by atoms with Gasteiger partial charge in [-0.05, 0) is 24.6 Å². The predicted molar refractivity (Wildman–Crippen MR) is 65.9 cm³/mol. The van der Waals surface area contributed by atoms with Crippen molar-refractivity contribution in [2.24, 2.45) is 5.73 Å². The van der Waals surface area contributed by atoms with Crippen molar-refractivity contribution in [2.75, 3.05) is 31.2 Å². The molecule has 1 fully saturated rings. The second-order valence-electron chi connectivity index (χ2n) is 4.30. The van der Waals surface area contributed by atoms with Crippen molar-refractivity contribution < 1.29 is 9.84 Å². The summed E-state index contributed by atoms with van der Waals surface area (Å²) in [4.78, 5) is 6.64. The third-order valence-electron chi connectivity index (χ3n) is 2.90. The molecule has 1 atom stereocenters. The molecule has 2 rings (SSSR count). The Morgan fingerprint density at radius 1 is 1.59 bits per heavy atom. The van der Waals surface area contributed by atoms with Crippen molar-refractivity contribution in [3.05, 3.63) is 23.4 Å². The van der Waals surface area contributed by atoms with Crippen molar-refractivity contribution in [3.63, 3.8) is 0 Å². The minimum absolute atomic E-state index is 0.0477. The van der Waals surface area contributed by atoms with Gasteiger partial charge in [0, 0.05) is 25.3 Å². The molecule has 0 spiro atoms. The van der Waals surface area contributed by atoms with E-state index in [0.717, 1.165) is 23.6 Å². The number of morpholine rings is 1. The highest BCUT2D eigenvalue weighted by atomic mass is 16.5. The van der Waals surface area contributed by atoms with Gasteiger partial charge >= 0.3 is 0 Å². The number of hydrogen-bond donors (Lipinski definition) is 2. The van der Waals surface area contributed by atoms with Crippen LogP contribution in [-0.4, -0.2) is 42.5 Å². The summed E-state index contributed by atoms with van der Waals surface area (Å²) >= 11 is 0. The molecule has 0 saturated carbocycles. The second kappa shape index (κ2) is 5.44. The maximum atomic E-state index is 9.12. The number of ether oxygens (including phenoxy) is 1. The van der Waals surface area contributed by atoms with Gasteiger partial charge in [-0.3, -0.25) is 0 Å². The third kappa shape index (κ3) is 2.94. The maximum absolute atomic E-state index is 9.12. The molecule has 0 amide bonds. The third-order valence-corrected chi connectivity index (χ3v) is 2.90. The maximum Gasteiger partial charge on any atom is 0.129 e. The molecular weight excluding hydrogens is 218 g/mol. The van der Waals surface area contributed by atoms with Crippen LogP contribution in [0.15, 0.2) is 12.1 Å². The average molecular weight is 237 g/mol. The van der Waals surface area contributed by atoms with Gasteiger partial charge in [-0.2, -0.15) is 0 Å². The van der Waals surface area contributed by atoms with Crippen molar-refractivity contribution >= 4 is 5.82 Å². The van der Waals surface area contributed by atoms with E-state index in [9.17, 15) is 0 Å². The highest BCUT2D eigenvalue weighted by Crippen LogP contribution is 2.17. The van der Waals surface area contributed by atoms with Crippen LogP contribution >= 0.6 is 0 Å². The molecule has 0 aromatic carbocycles. The molecule has 94 valence electrons. The number of aliphatic hydroxyl groups is 1. The average Bonchev–Trinajstić information content (AvgIpc) is 2.38. The summed E-state index contributed by atoms with van der Waals surface area (Å²) in [5.74, 6) is 0.923. The molecule has 3 N–H and O–H groups in total. The van der Waals surface area contributed by atoms with Crippen LogP contribution in [0.1, 0.15) is 11.3 Å². The normalized spacial score (nSPS) is 20.6. The standard InChI is InChI=1S/C12H19N3O2/c1-9-4-10(6-13)5-12(14-9)15-2-3-17-11(7-15)8-16/h4-5,11,16H,2-3,6-8,13H2,1H3. The van der Waals surface area contributed by atoms with Crippen LogP contribution in [0.4, 0.5) is 5.82 Å². The first-order valence-electron chi connectivity index (χ1n) is 5.88. The molecule has 0 radical (unpaired) electrons. The fourth-order valence-corrected chi connectivity index (χ4v) is 2.04. The first-order valence-corrected chi connectivity index (χ1v) is 5.88. The fraction of sp³-hybridized carbons (Fsp3) is 0.583. The lowest BCUT2D eigenvalue weighted by atomic mass is 10.2. The lowest BCUT2D eigenvalue weighted by molar-refractivity contribution is 0.00335. The minimum Gasteiger partial charge on any atom is -0.394 e. The molecule has 1 aliphatic heterocycles. The molecule has 5 nitrogen and oxygen atoms in total. The number of nitrogens with zero attached hydrogens (tertiary/aromatic N) is 2. The van der Waals surface area contributed by atoms with Gasteiger partial charge in [0.05, 0.1) is 19.3 Å². The van der Waals surface area contributed by atoms with E-state index in [1.54, 1.807) is 0 Å². The van der Waals surface area contributed by atoms with E-state index >= 15 is 0 Å². The zero-order chi connectivity index (χ0) is 12.3. The zero-order valence-corrected chi connectivity index (χ0v) is 10.1. The van der Waals surface area contributed by atoms with Crippen LogP contribution in [0.5, 0.6) is 0 Å². The van der Waals surface area contributed by atoms with E-state index in [2.05, 4.69) is 9.88 Å². The lowest BCUT2D eigenvalue weighted by Gasteiger charge is -2.33. The van der Waals surface area contributed by atoms with Crippen molar-refractivity contribution in [1.82, 2.24) is 4.98 Å². The van der Waals surface area contributed by atoms with Gasteiger partial charge in [0.15, 0.2) is 0 Å². The van der Waals surface area contributed by atoms with Crippen molar-refractivity contribution in [3.8, 4) is 0 Å². The van der Waals surface area contributed by atoms with Gasteiger partial charge in [-0.25, -0.2) is 4.98 Å². The van der Waals surface area contributed by atoms with Crippen LogP contribution in [0.25, 0.3) is 0 Å². The molecule has 1 saturated heterocycles. The number of hydrogen-bond acceptors (Lipinski definition) is 5. The van der Waals surface area contributed by atoms with Crippen LogP contribution in [0.2, 0.25) is 0 Å². The minimum atomic E-state index is -0.118. The van der Waals surface area contributed by atoms with Gasteiger partial charge in [-0.15, -0.1) is 0 Å². The van der Waals surface area contributed by atoms with Crippen LogP contribution < -0.4 is 10.6 Å². The Kier molecular flexibility index (Phi) is 3.93. The van der Waals surface area contributed by atoms with Crippen molar-refractivity contribution in [2.45, 2.75) is 19.6 Å². The van der Waals surface area contributed by atoms with Gasteiger partial charge in [0.1, 0.15) is 5.82 Å². The summed E-state index contributed by atoms with van der Waals surface area (Å²) in [5, 5.41) is 9.12. The van der Waals surface area contributed by atoms with E-state index in [1.807, 2.05) is 19.1 Å². The van der Waals surface area contributed by atoms with E-state index in [1.165, 1.54) is 0 Å². The fourth-order valence-electron chi connectivity index (χ4n) is 2.04. The first kappa shape index (κ1) is 12.3. The van der Waals surface area contributed by atoms with E-state index in [0.29, 0.717) is 19.7 Å². The molecular formula is C12H19N3O2. The Balaban J connectivity index is 2.18. The molecule has 2 heterocycles.